The third kappa shape index (κ3) is 4.13. The van der Waals surface area contributed by atoms with Crippen molar-refractivity contribution in [2.75, 3.05) is 0 Å². The molecule has 2 N–H and O–H groups in total. The molecule has 7 rings (SSSR count). The highest BCUT2D eigenvalue weighted by molar-refractivity contribution is 7.80. The molecule has 0 saturated heterocycles. The summed E-state index contributed by atoms with van der Waals surface area (Å²) in [6.07, 6.45) is 0. The maximum atomic E-state index is 6.61. The average Bonchev–Trinajstić information content (AvgIpc) is 3.19. The van der Waals surface area contributed by atoms with E-state index in [1.54, 1.807) is 0 Å². The highest BCUT2D eigenvalue weighted by Crippen LogP contribution is 2.48. The van der Waals surface area contributed by atoms with E-state index in [2.05, 4.69) is 129 Å². The number of fused-ring (bicyclic) bond motifs is 6. The molecule has 0 aromatic heterocycles. The van der Waals surface area contributed by atoms with E-state index in [-0.39, 0.29) is 5.41 Å². The molecule has 0 heterocycles. The highest BCUT2D eigenvalue weighted by atomic mass is 32.1. The van der Waals surface area contributed by atoms with Crippen molar-refractivity contribution in [3.8, 4) is 22.3 Å². The SMILES string of the molecule is CC1(C)c2ccccc2-c2ccc(CN(N)Cc3ccc4c(ccc5ccc(S)c(-c6ccccc6)c54)c3)cc21. The van der Waals surface area contributed by atoms with E-state index >= 15 is 0 Å². The van der Waals surface area contributed by atoms with Gasteiger partial charge in [0, 0.05) is 29.0 Å². The smallest absolute Gasteiger partial charge is 0.0383 e. The molecule has 0 aliphatic heterocycles. The lowest BCUT2D eigenvalue weighted by molar-refractivity contribution is 0.266. The topological polar surface area (TPSA) is 29.3 Å². The fourth-order valence-electron chi connectivity index (χ4n) is 6.56. The van der Waals surface area contributed by atoms with Crippen LogP contribution in [0.15, 0.2) is 120 Å². The van der Waals surface area contributed by atoms with E-state index in [1.807, 2.05) is 5.01 Å². The van der Waals surface area contributed by atoms with E-state index in [0.29, 0.717) is 13.1 Å². The molecule has 0 amide bonds. The molecule has 0 fully saturated rings. The van der Waals surface area contributed by atoms with Crippen LogP contribution in [-0.4, -0.2) is 5.01 Å². The molecule has 1 aliphatic rings. The van der Waals surface area contributed by atoms with Crippen molar-refractivity contribution in [3.05, 3.63) is 138 Å². The van der Waals surface area contributed by atoms with Gasteiger partial charge in [0.25, 0.3) is 0 Å². The summed E-state index contributed by atoms with van der Waals surface area (Å²) in [5.74, 6) is 6.61. The van der Waals surface area contributed by atoms with Gasteiger partial charge in [-0.3, -0.25) is 5.84 Å². The molecular formula is C37H32N2S. The molecule has 0 saturated carbocycles. The minimum absolute atomic E-state index is 0.00599. The molecule has 0 radical (unpaired) electrons. The van der Waals surface area contributed by atoms with Gasteiger partial charge >= 0.3 is 0 Å². The lowest BCUT2D eigenvalue weighted by atomic mass is 9.82. The van der Waals surface area contributed by atoms with Gasteiger partial charge < -0.3 is 0 Å². The Kier molecular flexibility index (Phi) is 6.05. The highest BCUT2D eigenvalue weighted by Gasteiger charge is 2.35. The molecule has 2 nitrogen and oxygen atoms in total. The van der Waals surface area contributed by atoms with E-state index < -0.39 is 0 Å². The Balaban J connectivity index is 1.18. The van der Waals surface area contributed by atoms with Crippen LogP contribution in [0.4, 0.5) is 0 Å². The molecule has 6 aromatic carbocycles. The van der Waals surface area contributed by atoms with Crippen molar-refractivity contribution in [1.82, 2.24) is 5.01 Å². The van der Waals surface area contributed by atoms with Crippen LogP contribution in [0.1, 0.15) is 36.1 Å². The predicted octanol–water partition coefficient (Wildman–Crippen LogP) is 9.13. The molecule has 196 valence electrons. The fourth-order valence-corrected chi connectivity index (χ4v) is 6.88. The standard InChI is InChI=1S/C37H32N2S/c1-37(2)32-11-7-6-10-30(32)31-18-13-25(21-33(31)37)23-39(38)22-24-12-17-29-28(20-24)15-14-27-16-19-34(40)36(35(27)29)26-8-4-3-5-9-26/h3-21,40H,22-23,38H2,1-2H3. The number of rotatable bonds is 5. The first-order valence-electron chi connectivity index (χ1n) is 13.9. The first-order valence-corrected chi connectivity index (χ1v) is 14.3. The van der Waals surface area contributed by atoms with Gasteiger partial charge in [-0.05, 0) is 72.6 Å². The summed E-state index contributed by atoms with van der Waals surface area (Å²) in [6, 6.07) is 41.6. The van der Waals surface area contributed by atoms with Crippen LogP contribution in [-0.2, 0) is 18.5 Å². The molecule has 0 atom stereocenters. The Hall–Kier alpha value is -3.89. The van der Waals surface area contributed by atoms with Crippen molar-refractivity contribution in [2.45, 2.75) is 37.2 Å². The minimum Gasteiger partial charge on any atom is -0.268 e. The van der Waals surface area contributed by atoms with Crippen LogP contribution in [0.5, 0.6) is 0 Å². The van der Waals surface area contributed by atoms with Crippen LogP contribution in [0.2, 0.25) is 0 Å². The fraction of sp³-hybridized carbons (Fsp3) is 0.135. The molecule has 3 heteroatoms. The second-order valence-corrected chi connectivity index (χ2v) is 12.0. The van der Waals surface area contributed by atoms with Crippen LogP contribution in [0.3, 0.4) is 0 Å². The summed E-state index contributed by atoms with van der Waals surface area (Å²) >= 11 is 4.85. The van der Waals surface area contributed by atoms with Crippen molar-refractivity contribution >= 4 is 34.2 Å². The normalized spacial score (nSPS) is 13.6. The Morgan fingerprint density at radius 3 is 2.12 bits per heavy atom. The van der Waals surface area contributed by atoms with Gasteiger partial charge in [0.2, 0.25) is 0 Å². The first-order chi connectivity index (χ1) is 19.4. The van der Waals surface area contributed by atoms with Crippen LogP contribution in [0, 0.1) is 0 Å². The number of thiol groups is 1. The number of benzene rings is 6. The molecule has 40 heavy (non-hydrogen) atoms. The number of nitrogens with zero attached hydrogens (tertiary/aromatic N) is 1. The number of hydrogen-bond acceptors (Lipinski definition) is 3. The van der Waals surface area contributed by atoms with Crippen LogP contribution in [0.25, 0.3) is 43.8 Å². The van der Waals surface area contributed by atoms with Crippen molar-refractivity contribution in [1.29, 1.82) is 0 Å². The summed E-state index contributed by atoms with van der Waals surface area (Å²) < 4.78 is 0. The lowest BCUT2D eigenvalue weighted by Crippen LogP contribution is -2.29. The van der Waals surface area contributed by atoms with E-state index in [1.165, 1.54) is 66.1 Å². The summed E-state index contributed by atoms with van der Waals surface area (Å²) in [7, 11) is 0. The molecule has 0 bridgehead atoms. The van der Waals surface area contributed by atoms with Gasteiger partial charge in [0.15, 0.2) is 0 Å². The monoisotopic (exact) mass is 536 g/mol. The number of nitrogens with two attached hydrogens (primary N) is 1. The third-order valence-electron chi connectivity index (χ3n) is 8.53. The van der Waals surface area contributed by atoms with Crippen molar-refractivity contribution in [2.24, 2.45) is 5.84 Å². The maximum Gasteiger partial charge on any atom is 0.0383 e. The Labute approximate surface area is 241 Å². The van der Waals surface area contributed by atoms with Gasteiger partial charge in [-0.25, -0.2) is 5.01 Å². The van der Waals surface area contributed by atoms with Gasteiger partial charge in [0.1, 0.15) is 0 Å². The molecule has 6 aromatic rings. The molecule has 1 aliphatic carbocycles. The van der Waals surface area contributed by atoms with E-state index in [9.17, 15) is 0 Å². The second kappa shape index (κ2) is 9.64. The Bertz CT molecular complexity index is 1910. The van der Waals surface area contributed by atoms with Crippen molar-refractivity contribution < 1.29 is 0 Å². The predicted molar refractivity (Wildman–Crippen MR) is 172 cm³/mol. The van der Waals surface area contributed by atoms with Gasteiger partial charge in [-0.15, -0.1) is 12.6 Å². The van der Waals surface area contributed by atoms with Gasteiger partial charge in [0.05, 0.1) is 0 Å². The summed E-state index contributed by atoms with van der Waals surface area (Å²) in [5, 5.41) is 6.83. The Morgan fingerprint density at radius 1 is 0.650 bits per heavy atom. The largest absolute Gasteiger partial charge is 0.268 e. The number of hydrazine groups is 1. The zero-order chi connectivity index (χ0) is 27.4. The summed E-state index contributed by atoms with van der Waals surface area (Å²) in [5.41, 5.74) is 10.3. The van der Waals surface area contributed by atoms with Gasteiger partial charge in [-0.1, -0.05) is 117 Å². The third-order valence-corrected chi connectivity index (χ3v) is 8.90. The lowest BCUT2D eigenvalue weighted by Gasteiger charge is -2.23. The quantitative estimate of drug-likeness (QED) is 0.0995. The summed E-state index contributed by atoms with van der Waals surface area (Å²) in [4.78, 5) is 0.990. The minimum atomic E-state index is -0.00599. The second-order valence-electron chi connectivity index (χ2n) is 11.5. The van der Waals surface area contributed by atoms with Crippen molar-refractivity contribution in [3.63, 3.8) is 0 Å². The Morgan fingerprint density at radius 2 is 1.30 bits per heavy atom. The molecular weight excluding hydrogens is 504 g/mol. The van der Waals surface area contributed by atoms with Gasteiger partial charge in [-0.2, -0.15) is 0 Å². The average molecular weight is 537 g/mol. The number of hydrogen-bond donors (Lipinski definition) is 2. The van der Waals surface area contributed by atoms with Crippen LogP contribution < -0.4 is 5.84 Å². The first kappa shape index (κ1) is 25.1. The van der Waals surface area contributed by atoms with Crippen LogP contribution >= 0.6 is 12.6 Å². The molecule has 0 spiro atoms. The zero-order valence-corrected chi connectivity index (χ0v) is 23.8. The molecule has 0 unspecified atom stereocenters. The van der Waals surface area contributed by atoms with E-state index in [4.69, 9.17) is 18.5 Å². The summed E-state index contributed by atoms with van der Waals surface area (Å²) in [6.45, 7) is 6.00. The maximum absolute atomic E-state index is 6.61. The van der Waals surface area contributed by atoms with E-state index in [0.717, 1.165) is 4.90 Å². The zero-order valence-electron chi connectivity index (χ0n) is 22.9.